The zero-order chi connectivity index (χ0) is 14.0. The maximum atomic E-state index is 13.2. The Kier molecular flexibility index (Phi) is 4.55. The SMILES string of the molecule is OC(Cc1cc(F)cc(Br)c1)c1ccc(F)c(Cl)c1. The summed E-state index contributed by atoms with van der Waals surface area (Å²) in [7, 11) is 0. The lowest BCUT2D eigenvalue weighted by Gasteiger charge is -2.12. The van der Waals surface area contributed by atoms with Crippen molar-refractivity contribution >= 4 is 27.5 Å². The summed E-state index contributed by atoms with van der Waals surface area (Å²) in [6.45, 7) is 0. The van der Waals surface area contributed by atoms with E-state index in [-0.39, 0.29) is 17.3 Å². The molecule has 100 valence electrons. The van der Waals surface area contributed by atoms with E-state index in [1.807, 2.05) is 0 Å². The molecule has 1 atom stereocenters. The molecule has 0 radical (unpaired) electrons. The van der Waals surface area contributed by atoms with Gasteiger partial charge in [0.15, 0.2) is 0 Å². The molecular formula is C14H10BrClF2O. The molecule has 19 heavy (non-hydrogen) atoms. The van der Waals surface area contributed by atoms with Gasteiger partial charge in [0.25, 0.3) is 0 Å². The minimum Gasteiger partial charge on any atom is -0.388 e. The molecule has 0 heterocycles. The van der Waals surface area contributed by atoms with Crippen LogP contribution in [-0.4, -0.2) is 5.11 Å². The molecule has 1 nitrogen and oxygen atoms in total. The third kappa shape index (κ3) is 3.75. The Balaban J connectivity index is 2.20. The number of hydrogen-bond donors (Lipinski definition) is 1. The van der Waals surface area contributed by atoms with Crippen LogP contribution in [-0.2, 0) is 6.42 Å². The predicted molar refractivity (Wildman–Crippen MR) is 74.2 cm³/mol. The van der Waals surface area contributed by atoms with Crippen LogP contribution in [0.2, 0.25) is 5.02 Å². The molecule has 0 saturated carbocycles. The molecule has 2 aromatic rings. The highest BCUT2D eigenvalue weighted by Gasteiger charge is 2.12. The van der Waals surface area contributed by atoms with Gasteiger partial charge in [-0.25, -0.2) is 8.78 Å². The lowest BCUT2D eigenvalue weighted by Crippen LogP contribution is -2.02. The van der Waals surface area contributed by atoms with Gasteiger partial charge in [-0.1, -0.05) is 33.6 Å². The van der Waals surface area contributed by atoms with Gasteiger partial charge < -0.3 is 5.11 Å². The quantitative estimate of drug-likeness (QED) is 0.856. The van der Waals surface area contributed by atoms with E-state index in [4.69, 9.17) is 11.6 Å². The summed E-state index contributed by atoms with van der Waals surface area (Å²) in [6.07, 6.45) is -0.648. The second-order valence-electron chi connectivity index (χ2n) is 4.17. The van der Waals surface area contributed by atoms with E-state index in [1.54, 1.807) is 6.07 Å². The van der Waals surface area contributed by atoms with Crippen molar-refractivity contribution in [2.75, 3.05) is 0 Å². The summed E-state index contributed by atoms with van der Waals surface area (Å²) in [4.78, 5) is 0. The van der Waals surface area contributed by atoms with Gasteiger partial charge >= 0.3 is 0 Å². The molecule has 0 saturated heterocycles. The highest BCUT2D eigenvalue weighted by Crippen LogP contribution is 2.25. The molecule has 2 aromatic carbocycles. The summed E-state index contributed by atoms with van der Waals surface area (Å²) >= 11 is 8.85. The molecule has 1 N–H and O–H groups in total. The molecule has 5 heteroatoms. The van der Waals surface area contributed by atoms with E-state index in [9.17, 15) is 13.9 Å². The van der Waals surface area contributed by atoms with Crippen molar-refractivity contribution in [3.8, 4) is 0 Å². The third-order valence-corrected chi connectivity index (χ3v) is 3.43. The summed E-state index contributed by atoms with van der Waals surface area (Å²) in [6, 6.07) is 8.43. The summed E-state index contributed by atoms with van der Waals surface area (Å²) < 4.78 is 26.8. The monoisotopic (exact) mass is 346 g/mol. The maximum absolute atomic E-state index is 13.2. The molecule has 0 fully saturated rings. The van der Waals surface area contributed by atoms with Crippen LogP contribution in [0.25, 0.3) is 0 Å². The lowest BCUT2D eigenvalue weighted by atomic mass is 10.0. The van der Waals surface area contributed by atoms with Crippen LogP contribution >= 0.6 is 27.5 Å². The van der Waals surface area contributed by atoms with Gasteiger partial charge in [-0.2, -0.15) is 0 Å². The van der Waals surface area contributed by atoms with E-state index in [2.05, 4.69) is 15.9 Å². The van der Waals surface area contributed by atoms with Crippen LogP contribution in [0.15, 0.2) is 40.9 Å². The number of benzene rings is 2. The number of aliphatic hydroxyl groups excluding tert-OH is 1. The number of hydrogen-bond acceptors (Lipinski definition) is 1. The Morgan fingerprint density at radius 3 is 2.53 bits per heavy atom. The van der Waals surface area contributed by atoms with E-state index in [0.29, 0.717) is 15.6 Å². The van der Waals surface area contributed by atoms with Crippen molar-refractivity contribution in [2.24, 2.45) is 0 Å². The minimum atomic E-state index is -0.869. The van der Waals surface area contributed by atoms with E-state index in [0.717, 1.165) is 0 Å². The van der Waals surface area contributed by atoms with Crippen LogP contribution in [0.1, 0.15) is 17.2 Å². The van der Waals surface area contributed by atoms with Crippen molar-refractivity contribution in [2.45, 2.75) is 12.5 Å². The van der Waals surface area contributed by atoms with Crippen LogP contribution in [0, 0.1) is 11.6 Å². The molecule has 1 unspecified atom stereocenters. The highest BCUT2D eigenvalue weighted by molar-refractivity contribution is 9.10. The summed E-state index contributed by atoms with van der Waals surface area (Å²) in [5, 5.41) is 10.0. The first-order chi connectivity index (χ1) is 8.95. The first-order valence-corrected chi connectivity index (χ1v) is 6.71. The van der Waals surface area contributed by atoms with Crippen LogP contribution < -0.4 is 0 Å². The Hall–Kier alpha value is -0.970. The molecule has 0 bridgehead atoms. The average molecular weight is 348 g/mol. The van der Waals surface area contributed by atoms with Crippen molar-refractivity contribution in [1.82, 2.24) is 0 Å². The topological polar surface area (TPSA) is 20.2 Å². The molecule has 0 aromatic heterocycles. The Bertz CT molecular complexity index is 584. The van der Waals surface area contributed by atoms with E-state index < -0.39 is 11.9 Å². The van der Waals surface area contributed by atoms with Crippen LogP contribution in [0.4, 0.5) is 8.78 Å². The number of rotatable bonds is 3. The minimum absolute atomic E-state index is 0.0445. The fourth-order valence-electron chi connectivity index (χ4n) is 1.79. The lowest BCUT2D eigenvalue weighted by molar-refractivity contribution is 0.178. The fraction of sp³-hybridized carbons (Fsp3) is 0.143. The van der Waals surface area contributed by atoms with Gasteiger partial charge in [0.2, 0.25) is 0 Å². The van der Waals surface area contributed by atoms with E-state index in [1.165, 1.54) is 30.3 Å². The second kappa shape index (κ2) is 5.99. The van der Waals surface area contributed by atoms with Crippen molar-refractivity contribution < 1.29 is 13.9 Å². The van der Waals surface area contributed by atoms with Gasteiger partial charge in [-0.05, 0) is 41.5 Å². The van der Waals surface area contributed by atoms with Gasteiger partial charge in [-0.15, -0.1) is 0 Å². The molecule has 0 aliphatic heterocycles. The Labute approximate surface area is 123 Å². The van der Waals surface area contributed by atoms with Gasteiger partial charge in [0.05, 0.1) is 11.1 Å². The summed E-state index contributed by atoms with van der Waals surface area (Å²) in [5.41, 5.74) is 1.13. The van der Waals surface area contributed by atoms with Gasteiger partial charge in [-0.3, -0.25) is 0 Å². The molecule has 0 spiro atoms. The predicted octanol–water partition coefficient (Wildman–Crippen LogP) is 4.66. The zero-order valence-electron chi connectivity index (χ0n) is 9.71. The maximum Gasteiger partial charge on any atom is 0.141 e. The third-order valence-electron chi connectivity index (χ3n) is 2.68. The van der Waals surface area contributed by atoms with Crippen LogP contribution in [0.5, 0.6) is 0 Å². The summed E-state index contributed by atoms with van der Waals surface area (Å²) in [5.74, 6) is -0.917. The Morgan fingerprint density at radius 2 is 1.89 bits per heavy atom. The molecule has 2 rings (SSSR count). The zero-order valence-corrected chi connectivity index (χ0v) is 12.0. The normalized spacial score (nSPS) is 12.5. The van der Waals surface area contributed by atoms with Crippen LogP contribution in [0.3, 0.4) is 0 Å². The van der Waals surface area contributed by atoms with Crippen molar-refractivity contribution in [3.05, 3.63) is 68.7 Å². The largest absolute Gasteiger partial charge is 0.388 e. The standard InChI is InChI=1S/C14H10BrClF2O/c15-10-3-8(4-11(17)7-10)5-14(19)9-1-2-13(18)12(16)6-9/h1-4,6-7,14,19H,5H2. The van der Waals surface area contributed by atoms with Crippen molar-refractivity contribution in [3.63, 3.8) is 0 Å². The molecular weight excluding hydrogens is 338 g/mol. The molecule has 0 aliphatic carbocycles. The Morgan fingerprint density at radius 1 is 1.16 bits per heavy atom. The fourth-order valence-corrected chi connectivity index (χ4v) is 2.49. The smallest absolute Gasteiger partial charge is 0.141 e. The molecule has 0 aliphatic rings. The number of halogens is 4. The molecule has 0 amide bonds. The first kappa shape index (κ1) is 14.4. The van der Waals surface area contributed by atoms with Gasteiger partial charge in [0, 0.05) is 10.9 Å². The van der Waals surface area contributed by atoms with Gasteiger partial charge in [0.1, 0.15) is 11.6 Å². The number of aliphatic hydroxyl groups is 1. The van der Waals surface area contributed by atoms with Crippen molar-refractivity contribution in [1.29, 1.82) is 0 Å². The van der Waals surface area contributed by atoms with E-state index >= 15 is 0 Å². The average Bonchev–Trinajstić information content (AvgIpc) is 2.31. The first-order valence-electron chi connectivity index (χ1n) is 5.53. The second-order valence-corrected chi connectivity index (χ2v) is 5.49. The highest BCUT2D eigenvalue weighted by atomic mass is 79.9.